The Morgan fingerprint density at radius 1 is 0.514 bits per heavy atom. The first kappa shape index (κ1) is 124. The monoisotopic (exact) mass is 3060 g/mol. The van der Waals surface area contributed by atoms with E-state index in [0.29, 0.717) is 10.8 Å². The van der Waals surface area contributed by atoms with E-state index in [1.54, 1.807) is 62.1 Å². The average molecular weight is 3060 g/mol. The zero-order chi connectivity index (χ0) is 98.3. The number of likely N-dealkylation sites (N-methyl/N-ethyl adjacent to an activating group) is 1. The van der Waals surface area contributed by atoms with Gasteiger partial charge in [0.15, 0.2) is 45.1 Å². The van der Waals surface area contributed by atoms with E-state index < -0.39 is 11.9 Å². The van der Waals surface area contributed by atoms with Crippen molar-refractivity contribution >= 4 is 110 Å². The molecular formula is C121H118N10O7Pt6S2-4. The number of aromatic nitrogens is 6. The Morgan fingerprint density at radius 2 is 1.05 bits per heavy atom. The maximum Gasteiger partial charge on any atom is 2.00 e. The Hall–Kier alpha value is -10.9. The third-order valence-corrected chi connectivity index (χ3v) is 24.3. The van der Waals surface area contributed by atoms with Crippen LogP contribution in [0.25, 0.3) is 103 Å². The number of nitrogens with zero attached hydrogens (tertiary/aromatic N) is 10. The van der Waals surface area contributed by atoms with Gasteiger partial charge < -0.3 is 74.9 Å². The van der Waals surface area contributed by atoms with Gasteiger partial charge in [-0.25, -0.2) is 43.8 Å². The quantitative estimate of drug-likeness (QED) is 0.0490. The molecule has 11 aromatic carbocycles. The van der Waals surface area contributed by atoms with Crippen LogP contribution in [0.15, 0.2) is 346 Å². The second kappa shape index (κ2) is 68.6. The Kier molecular flexibility index (Phi) is 58.2. The van der Waals surface area contributed by atoms with Gasteiger partial charge in [-0.2, -0.15) is 136 Å². The first-order valence-corrected chi connectivity index (χ1v) is 48.8. The largest absolute Gasteiger partial charge is 2.00 e. The number of pyridine rings is 3. The minimum Gasteiger partial charge on any atom is -0.695 e. The van der Waals surface area contributed by atoms with Crippen molar-refractivity contribution < 1.29 is 161 Å². The number of carbonyl (C=O) groups is 1. The molecule has 1 unspecified atom stereocenters. The smallest absolute Gasteiger partial charge is 0.695 e. The normalized spacial score (nSPS) is 13.7. The fourth-order valence-electron chi connectivity index (χ4n) is 15.2. The summed E-state index contributed by atoms with van der Waals surface area (Å²) in [6.07, 6.45) is 53.2. The van der Waals surface area contributed by atoms with Gasteiger partial charge in [-0.05, 0) is 101 Å². The number of hydrogen-bond acceptors (Lipinski definition) is 13. The summed E-state index contributed by atoms with van der Waals surface area (Å²) in [5, 5.41) is 60.4. The number of aromatic hydroxyl groups is 4. The molecule has 1 fully saturated rings. The summed E-state index contributed by atoms with van der Waals surface area (Å²) in [6, 6.07) is 101. The molecule has 1 atom stereocenters. The van der Waals surface area contributed by atoms with Crippen molar-refractivity contribution in [3.05, 3.63) is 459 Å². The molecule has 7 aliphatic rings. The van der Waals surface area contributed by atoms with Crippen molar-refractivity contribution in [1.82, 2.24) is 38.5 Å². The number of para-hydroxylation sites is 3. The van der Waals surface area contributed by atoms with E-state index in [0.717, 1.165) is 151 Å². The van der Waals surface area contributed by atoms with Gasteiger partial charge in [-0.15, -0.1) is 126 Å². The van der Waals surface area contributed by atoms with Crippen LogP contribution in [0.5, 0.6) is 23.0 Å². The van der Waals surface area contributed by atoms with E-state index in [4.69, 9.17) is 20.1 Å². The molecule has 146 heavy (non-hydrogen) atoms. The van der Waals surface area contributed by atoms with Crippen LogP contribution in [0, 0.1) is 80.2 Å². The van der Waals surface area contributed by atoms with Crippen LogP contribution in [0.3, 0.4) is 0 Å². The van der Waals surface area contributed by atoms with E-state index in [-0.39, 0.29) is 149 Å². The number of carboxylic acid groups (broad SMARTS) is 1. The summed E-state index contributed by atoms with van der Waals surface area (Å²) in [5.74, 6) is 0.439. The number of phenols is 4. The fourth-order valence-corrected chi connectivity index (χ4v) is 16.9. The molecular weight excluding hydrogens is 2940 g/mol. The minimum absolute atomic E-state index is 0. The van der Waals surface area contributed by atoms with E-state index in [9.17, 15) is 15.0 Å². The number of benzene rings is 11. The van der Waals surface area contributed by atoms with Gasteiger partial charge in [0, 0.05) is 119 Å². The molecule has 4 aliphatic carbocycles. The molecule has 1 saturated heterocycles. The Labute approximate surface area is 956 Å². The Bertz CT molecular complexity index is 6670. The van der Waals surface area contributed by atoms with Crippen LogP contribution in [-0.4, -0.2) is 117 Å². The molecule has 8 heterocycles. The van der Waals surface area contributed by atoms with E-state index >= 15 is 0 Å². The standard InChI is InChI=1S/C15H12N.C14H10O2.C14H8.C12H11NOS.C12H8.C11H14N2.C11H12N.C9H14N2.C9H8NS.C6H6O2.C4H8N2.C4H7O2.6Pt/c1-2-8-13-12(6-1)7-5-9-14(13)15-10-3-4-11-16-15;15-13-11-7-3-1-5-9(11)10-6-2-4-8-12(10)14(13)16;1-3-7-13-11(5-1)9-10-12-6-2-4-8-14(12)13;1-2-6-11-10(5-1)13(9-15-11)12-7-3-4-8-14-12;1-3-7-11(8-4-1)12-9-5-2-6-10-12;1-10-4-3-5-11(8-10)13-7-6-12(2)9-13;1-2-6-10(7-3-1)11-8-4-5-9-12-11;1-10-6-7-11(8-10)9-4-2-3-5-9;1-2-6-10-8(4-1)9-5-3-7-11-9;7-5-3-1-2-4-6(5)8;1-5-3-4-6-2;1-3(2)4(5)6;;;;;;/h1-4,6,8,10-11H,5,7H2;1-8,15-16H;1-6,9-10H;1-2,5-6,9H,3-4,8H2;1-7,9H;6-9H,3-4H2,1-2H3;4-5,8-9H,1-3,6H2;8H,2-4,6-7H2,1H3;1-2,4,6H,3,7H2;1-4,7-8H;3-4H,1-2H3;3H,1H2,2H3,(H,5,6);;;;;;/q-1;;-2;;-2;;-1;;-1;;-2;-1;;;;3*+2. The number of imidazole rings is 1. The summed E-state index contributed by atoms with van der Waals surface area (Å²) in [4.78, 5) is 28.4. The van der Waals surface area contributed by atoms with Crippen LogP contribution in [0.4, 0.5) is 0 Å². The van der Waals surface area contributed by atoms with E-state index in [1.807, 2.05) is 206 Å². The average Bonchev–Trinajstić information content (AvgIpc) is 0.866. The third-order valence-electron chi connectivity index (χ3n) is 22.3. The number of aliphatic carboxylic acids is 1. The number of phenolic OH excluding ortho intramolecular Hbond substituents is 4. The summed E-state index contributed by atoms with van der Waals surface area (Å²) in [5.41, 5.74) is 17.8. The molecule has 0 bridgehead atoms. The Morgan fingerprint density at radius 3 is 1.54 bits per heavy atom. The fraction of sp³-hybridized carbons (Fsp3) is 0.207. The maximum absolute atomic E-state index is 9.91. The predicted octanol–water partition coefficient (Wildman–Crippen LogP) is 28.6. The van der Waals surface area contributed by atoms with Crippen molar-refractivity contribution in [1.29, 1.82) is 0 Å². The van der Waals surface area contributed by atoms with Gasteiger partial charge in [0.25, 0.3) is 12.6 Å². The molecule has 5 N–H and O–H groups in total. The summed E-state index contributed by atoms with van der Waals surface area (Å²) < 4.78 is 13.1. The number of hydrogen-bond donors (Lipinski definition) is 5. The predicted molar refractivity (Wildman–Crippen MR) is 576 cm³/mol. The molecule has 25 heteroatoms. The molecule has 5 aromatic heterocycles. The van der Waals surface area contributed by atoms with Crippen molar-refractivity contribution in [2.24, 2.45) is 13.0 Å². The number of fused-ring (bicyclic) bond motifs is 8. The second-order valence-corrected chi connectivity index (χ2v) is 34.8. The second-order valence-electron chi connectivity index (χ2n) is 32.8. The van der Waals surface area contributed by atoms with Crippen molar-refractivity contribution in [3.8, 4) is 34.1 Å². The molecule has 3 aliphatic heterocycles. The van der Waals surface area contributed by atoms with Crippen LogP contribution >= 0.6 is 23.1 Å². The number of aryl methyl sites for hydroxylation is 2. The molecule has 0 spiro atoms. The summed E-state index contributed by atoms with van der Waals surface area (Å²) in [7, 11) is 7.56. The van der Waals surface area contributed by atoms with Gasteiger partial charge in [0.1, 0.15) is 12.4 Å². The number of thiazole rings is 1. The van der Waals surface area contributed by atoms with Crippen LogP contribution in [0.2, 0.25) is 0 Å². The molecule has 23 rings (SSSR count). The molecule has 0 amide bonds. The topological polar surface area (TPSA) is 216 Å². The van der Waals surface area contributed by atoms with E-state index in [1.165, 1.54) is 104 Å². The first-order chi connectivity index (χ1) is 68.5. The molecule has 0 saturated carbocycles. The van der Waals surface area contributed by atoms with Crippen LogP contribution < -0.4 is 0 Å². The van der Waals surface area contributed by atoms with Crippen LogP contribution in [0.1, 0.15) is 126 Å². The van der Waals surface area contributed by atoms with Crippen molar-refractivity contribution in [3.63, 3.8) is 0 Å². The number of carboxylic acids is 1. The van der Waals surface area contributed by atoms with Gasteiger partial charge in [0.05, 0.1) is 25.6 Å². The molecule has 0 radical (unpaired) electrons. The van der Waals surface area contributed by atoms with Gasteiger partial charge >= 0.3 is 63.2 Å². The summed E-state index contributed by atoms with van der Waals surface area (Å²) >= 11 is 3.57. The number of thioether (sulfide) groups is 1. The maximum atomic E-state index is 9.91. The molecule has 17 nitrogen and oxygen atoms in total. The molecule has 16 aromatic rings. The number of ether oxygens (including phenoxy) is 1. The SMILES string of the molecule is CC1=CC(n2ccn(C)[cH+]2)=[C-]CC1.CN1[CH+]N(C2=[C-]CCC2)CC1.C[N-]C=C[N-]C.Oc1c(O)c2ccccc2c2ccccc12.Oc1ccccc1O.[C-]1=C(c2ccccn2)CCCC1.[C-]1=C(c2ccccn2)SCC1.[C-]1=C(c2ccccn2)c2ccccc2CC1.[C-]1=C(n2[cH+]sc3ccccc32)OCCC1.[CH2-]C(C)C(=O)O.[Pt+2].[Pt+2].[Pt+2].[Pt].[Pt].[Pt].[c-]1cccc2ccc3ccc[c-]c3c12.[c-]1ccccc1-c1[c-]cccc1. The third kappa shape index (κ3) is 39.3. The van der Waals surface area contributed by atoms with Gasteiger partial charge in [-0.1, -0.05) is 185 Å². The zero-order valence-electron chi connectivity index (χ0n) is 82.1. The number of rotatable bonds is 10. The Balaban J connectivity index is 0.000000245. The zero-order valence-corrected chi connectivity index (χ0v) is 97.3. The summed E-state index contributed by atoms with van der Waals surface area (Å²) in [6.45, 7) is 12.2. The number of allylic oxidation sites excluding steroid dienone is 11. The van der Waals surface area contributed by atoms with Gasteiger partial charge in [0.2, 0.25) is 0 Å². The van der Waals surface area contributed by atoms with Crippen LogP contribution in [-0.2, 0) is 149 Å². The minimum atomic E-state index is -0.852. The first-order valence-electron chi connectivity index (χ1n) is 46.9. The van der Waals surface area contributed by atoms with E-state index in [2.05, 4.69) is 236 Å². The van der Waals surface area contributed by atoms with Gasteiger partial charge in [-0.3, -0.25) is 21.5 Å². The molecule has 770 valence electrons. The van der Waals surface area contributed by atoms with Crippen molar-refractivity contribution in [2.45, 2.75) is 104 Å². The van der Waals surface area contributed by atoms with Crippen molar-refractivity contribution in [2.75, 3.05) is 46.6 Å².